The van der Waals surface area contributed by atoms with Gasteiger partial charge in [-0.15, -0.1) is 11.3 Å². The largest absolute Gasteiger partial charge is 0.355 e. The number of thiazole rings is 1. The number of benzene rings is 2. The van der Waals surface area contributed by atoms with Gasteiger partial charge in [-0.1, -0.05) is 30.3 Å². The van der Waals surface area contributed by atoms with E-state index in [9.17, 15) is 9.59 Å². The first-order chi connectivity index (χ1) is 14.0. The van der Waals surface area contributed by atoms with Crippen LogP contribution in [0, 0.1) is 0 Å². The maximum atomic E-state index is 12.2. The number of amides is 2. The van der Waals surface area contributed by atoms with Gasteiger partial charge in [0, 0.05) is 30.5 Å². The minimum absolute atomic E-state index is 0.0611. The lowest BCUT2D eigenvalue weighted by atomic mass is 10.1. The Labute approximate surface area is 174 Å². The van der Waals surface area contributed by atoms with Crippen molar-refractivity contribution in [1.29, 1.82) is 0 Å². The summed E-state index contributed by atoms with van der Waals surface area (Å²) in [6, 6.07) is 17.2. The normalized spacial score (nSPS) is 11.7. The molecule has 0 aliphatic heterocycles. The van der Waals surface area contributed by atoms with Crippen LogP contribution in [0.4, 0.5) is 10.8 Å². The predicted molar refractivity (Wildman–Crippen MR) is 116 cm³/mol. The number of anilines is 2. The SMILES string of the molecule is CNC(=O)c1ccc(C[NH+](C)Cc2csc(N(C(C)=O)c3ccccc3)n2)cc1. The van der Waals surface area contributed by atoms with Crippen molar-refractivity contribution in [2.75, 3.05) is 19.0 Å². The molecule has 0 fully saturated rings. The molecule has 6 nitrogen and oxygen atoms in total. The number of carbonyl (C=O) groups is 2. The summed E-state index contributed by atoms with van der Waals surface area (Å²) in [6.07, 6.45) is 0. The smallest absolute Gasteiger partial charge is 0.251 e. The van der Waals surface area contributed by atoms with Crippen molar-refractivity contribution < 1.29 is 14.5 Å². The second-order valence-electron chi connectivity index (χ2n) is 6.90. The number of nitrogens with zero attached hydrogens (tertiary/aromatic N) is 2. The molecular weight excluding hydrogens is 384 g/mol. The van der Waals surface area contributed by atoms with Gasteiger partial charge in [0.15, 0.2) is 5.13 Å². The summed E-state index contributed by atoms with van der Waals surface area (Å²) in [5.41, 5.74) is 3.58. The Hall–Kier alpha value is -3.03. The number of nitrogens with one attached hydrogen (secondary N) is 2. The molecule has 0 saturated carbocycles. The van der Waals surface area contributed by atoms with E-state index in [-0.39, 0.29) is 11.8 Å². The summed E-state index contributed by atoms with van der Waals surface area (Å²) in [4.78, 5) is 31.4. The van der Waals surface area contributed by atoms with Gasteiger partial charge in [-0.2, -0.15) is 0 Å². The Balaban J connectivity index is 1.66. The van der Waals surface area contributed by atoms with Crippen LogP contribution in [0.2, 0.25) is 0 Å². The fourth-order valence-electron chi connectivity index (χ4n) is 3.12. The van der Waals surface area contributed by atoms with Crippen LogP contribution in [0.25, 0.3) is 0 Å². The van der Waals surface area contributed by atoms with E-state index in [1.54, 1.807) is 18.9 Å². The molecule has 2 N–H and O–H groups in total. The quantitative estimate of drug-likeness (QED) is 0.630. The summed E-state index contributed by atoms with van der Waals surface area (Å²) in [5, 5.41) is 5.31. The van der Waals surface area contributed by atoms with Crippen LogP contribution in [0.3, 0.4) is 0 Å². The summed E-state index contributed by atoms with van der Waals surface area (Å²) < 4.78 is 0. The number of aromatic nitrogens is 1. The Morgan fingerprint density at radius 1 is 1.07 bits per heavy atom. The average Bonchev–Trinajstić information content (AvgIpc) is 3.16. The molecule has 0 aliphatic rings. The molecule has 0 aliphatic carbocycles. The number of hydrogen-bond acceptors (Lipinski definition) is 4. The number of rotatable bonds is 7. The first-order valence-electron chi connectivity index (χ1n) is 9.40. The lowest BCUT2D eigenvalue weighted by Crippen LogP contribution is -3.06. The van der Waals surface area contributed by atoms with Crippen molar-refractivity contribution in [3.63, 3.8) is 0 Å². The molecule has 29 heavy (non-hydrogen) atoms. The van der Waals surface area contributed by atoms with E-state index >= 15 is 0 Å². The summed E-state index contributed by atoms with van der Waals surface area (Å²) >= 11 is 1.47. The second kappa shape index (κ2) is 9.45. The van der Waals surface area contributed by atoms with Crippen LogP contribution in [0.15, 0.2) is 60.0 Å². The third kappa shape index (κ3) is 5.28. The van der Waals surface area contributed by atoms with Crippen LogP contribution >= 0.6 is 11.3 Å². The molecule has 3 rings (SSSR count). The highest BCUT2D eigenvalue weighted by Crippen LogP contribution is 2.28. The molecule has 2 amide bonds. The lowest BCUT2D eigenvalue weighted by Gasteiger charge is -2.17. The van der Waals surface area contributed by atoms with E-state index in [0.717, 1.165) is 30.0 Å². The van der Waals surface area contributed by atoms with E-state index < -0.39 is 0 Å². The predicted octanol–water partition coefficient (Wildman–Crippen LogP) is 2.40. The highest BCUT2D eigenvalue weighted by atomic mass is 32.1. The standard InChI is InChI=1S/C22H24N4O2S/c1-16(27)26(20-7-5-4-6-8-20)22-24-19(15-29-22)14-25(3)13-17-9-11-18(12-10-17)21(28)23-2/h4-12,15H,13-14H2,1-3H3,(H,23,28)/p+1. The monoisotopic (exact) mass is 409 g/mol. The van der Waals surface area contributed by atoms with Gasteiger partial charge in [-0.05, 0) is 24.3 Å². The first kappa shape index (κ1) is 20.7. The average molecular weight is 410 g/mol. The highest BCUT2D eigenvalue weighted by Gasteiger charge is 2.18. The number of carbonyl (C=O) groups excluding carboxylic acids is 2. The molecule has 0 bridgehead atoms. The van der Waals surface area contributed by atoms with Crippen molar-refractivity contribution in [3.8, 4) is 0 Å². The molecule has 1 unspecified atom stereocenters. The van der Waals surface area contributed by atoms with Gasteiger partial charge in [0.25, 0.3) is 5.91 Å². The van der Waals surface area contributed by atoms with Gasteiger partial charge in [-0.3, -0.25) is 14.5 Å². The summed E-state index contributed by atoms with van der Waals surface area (Å²) in [6.45, 7) is 3.11. The maximum absolute atomic E-state index is 12.2. The van der Waals surface area contributed by atoms with E-state index in [4.69, 9.17) is 0 Å². The van der Waals surface area contributed by atoms with Crippen LogP contribution in [-0.2, 0) is 17.9 Å². The molecule has 1 aromatic heterocycles. The minimum Gasteiger partial charge on any atom is -0.355 e. The molecular formula is C22H25N4O2S+. The van der Waals surface area contributed by atoms with Crippen LogP contribution < -0.4 is 15.1 Å². The third-order valence-corrected chi connectivity index (χ3v) is 5.37. The van der Waals surface area contributed by atoms with Gasteiger partial charge in [-0.25, -0.2) is 4.98 Å². The Morgan fingerprint density at radius 3 is 2.38 bits per heavy atom. The lowest BCUT2D eigenvalue weighted by molar-refractivity contribution is -0.908. The Morgan fingerprint density at radius 2 is 1.76 bits per heavy atom. The van der Waals surface area contributed by atoms with Crippen molar-refractivity contribution in [2.45, 2.75) is 20.0 Å². The Bertz CT molecular complexity index is 970. The number of para-hydroxylation sites is 1. The third-order valence-electron chi connectivity index (χ3n) is 4.49. The highest BCUT2D eigenvalue weighted by molar-refractivity contribution is 7.14. The second-order valence-corrected chi connectivity index (χ2v) is 7.73. The molecule has 0 radical (unpaired) electrons. The van der Waals surface area contributed by atoms with E-state index in [2.05, 4.69) is 17.3 Å². The molecule has 7 heteroatoms. The number of quaternary nitrogens is 1. The van der Waals surface area contributed by atoms with Crippen LogP contribution in [-0.4, -0.2) is 30.9 Å². The van der Waals surface area contributed by atoms with Gasteiger partial charge in [0.2, 0.25) is 5.91 Å². The zero-order valence-electron chi connectivity index (χ0n) is 16.8. The molecule has 0 spiro atoms. The van der Waals surface area contributed by atoms with Crippen molar-refractivity contribution in [1.82, 2.24) is 10.3 Å². The molecule has 3 aromatic rings. The fraction of sp³-hybridized carbons (Fsp3) is 0.227. The molecule has 1 heterocycles. The topological polar surface area (TPSA) is 66.7 Å². The van der Waals surface area contributed by atoms with Crippen molar-refractivity contribution in [3.05, 3.63) is 76.8 Å². The first-order valence-corrected chi connectivity index (χ1v) is 10.3. The summed E-state index contributed by atoms with van der Waals surface area (Å²) in [7, 11) is 3.73. The van der Waals surface area contributed by atoms with Crippen LogP contribution in [0.5, 0.6) is 0 Å². The van der Waals surface area contributed by atoms with Gasteiger partial charge in [0.05, 0.1) is 12.7 Å². The minimum atomic E-state index is -0.0827. The van der Waals surface area contributed by atoms with Crippen LogP contribution in [0.1, 0.15) is 28.5 Å². The zero-order valence-corrected chi connectivity index (χ0v) is 17.6. The molecule has 2 aromatic carbocycles. The van der Waals surface area contributed by atoms with Gasteiger partial charge >= 0.3 is 0 Å². The zero-order chi connectivity index (χ0) is 20.8. The van der Waals surface area contributed by atoms with Crippen molar-refractivity contribution in [2.24, 2.45) is 0 Å². The molecule has 150 valence electrons. The van der Waals surface area contributed by atoms with Gasteiger partial charge < -0.3 is 10.2 Å². The van der Waals surface area contributed by atoms with E-state index in [1.165, 1.54) is 16.2 Å². The van der Waals surface area contributed by atoms with E-state index in [1.807, 2.05) is 60.0 Å². The molecule has 0 saturated heterocycles. The maximum Gasteiger partial charge on any atom is 0.251 e. The fourth-order valence-corrected chi connectivity index (χ4v) is 4.01. The Kier molecular flexibility index (Phi) is 6.74. The number of hydrogen-bond donors (Lipinski definition) is 2. The summed E-state index contributed by atoms with van der Waals surface area (Å²) in [5.74, 6) is -0.144. The van der Waals surface area contributed by atoms with Gasteiger partial charge in [0.1, 0.15) is 18.8 Å². The van der Waals surface area contributed by atoms with E-state index in [0.29, 0.717) is 10.7 Å². The van der Waals surface area contributed by atoms with Crippen molar-refractivity contribution >= 4 is 34.0 Å². The molecule has 1 atom stereocenters.